The van der Waals surface area contributed by atoms with Crippen LogP contribution in [0.4, 0.5) is 0 Å². The third-order valence-corrected chi connectivity index (χ3v) is 3.66. The van der Waals surface area contributed by atoms with Crippen molar-refractivity contribution in [2.45, 2.75) is 31.4 Å². The van der Waals surface area contributed by atoms with Crippen molar-refractivity contribution in [3.8, 4) is 11.8 Å². The lowest BCUT2D eigenvalue weighted by Gasteiger charge is -2.22. The van der Waals surface area contributed by atoms with Gasteiger partial charge in [-0.2, -0.15) is 5.26 Å². The van der Waals surface area contributed by atoms with Crippen molar-refractivity contribution in [2.75, 3.05) is 13.1 Å². The van der Waals surface area contributed by atoms with Gasteiger partial charge in [0.05, 0.1) is 12.1 Å². The Labute approximate surface area is 102 Å². The summed E-state index contributed by atoms with van der Waals surface area (Å²) < 4.78 is 5.91. The molecule has 0 saturated carbocycles. The van der Waals surface area contributed by atoms with E-state index < -0.39 is 0 Å². The van der Waals surface area contributed by atoms with Crippen molar-refractivity contribution in [3.63, 3.8) is 0 Å². The Morgan fingerprint density at radius 1 is 1.41 bits per heavy atom. The normalized spacial score (nSPS) is 27.5. The molecule has 0 spiro atoms. The van der Waals surface area contributed by atoms with Crippen LogP contribution in [0.2, 0.25) is 0 Å². The predicted octanol–water partition coefficient (Wildman–Crippen LogP) is 1.98. The van der Waals surface area contributed by atoms with Gasteiger partial charge in [-0.05, 0) is 31.0 Å². The molecule has 17 heavy (non-hydrogen) atoms. The Balaban J connectivity index is 1.64. The fourth-order valence-electron chi connectivity index (χ4n) is 2.81. The summed E-state index contributed by atoms with van der Waals surface area (Å²) in [7, 11) is 0. The molecule has 3 nitrogen and oxygen atoms in total. The summed E-state index contributed by atoms with van der Waals surface area (Å²) in [6.07, 6.45) is 3.35. The quantitative estimate of drug-likeness (QED) is 0.776. The zero-order chi connectivity index (χ0) is 11.7. The first-order valence-electron chi connectivity index (χ1n) is 6.25. The van der Waals surface area contributed by atoms with Crippen LogP contribution in [0.3, 0.4) is 0 Å². The molecule has 3 rings (SSSR count). The third kappa shape index (κ3) is 2.01. The van der Waals surface area contributed by atoms with Crippen molar-refractivity contribution < 1.29 is 4.74 Å². The maximum Gasteiger partial charge on any atom is 0.123 e. The summed E-state index contributed by atoms with van der Waals surface area (Å²) in [5.74, 6) is 1.02. The highest BCUT2D eigenvalue weighted by atomic mass is 16.5. The van der Waals surface area contributed by atoms with E-state index in [1.807, 2.05) is 12.1 Å². The monoisotopic (exact) mass is 228 g/mol. The zero-order valence-electron chi connectivity index (χ0n) is 9.80. The maximum atomic E-state index is 9.05. The molecule has 1 saturated heterocycles. The summed E-state index contributed by atoms with van der Waals surface area (Å²) in [4.78, 5) is 2.26. The molecule has 2 aliphatic rings. The molecule has 3 heteroatoms. The molecular formula is C14H16N2O. The molecule has 0 radical (unpaired) electrons. The van der Waals surface area contributed by atoms with Crippen LogP contribution in [0, 0.1) is 11.3 Å². The smallest absolute Gasteiger partial charge is 0.123 e. The molecule has 0 N–H and O–H groups in total. The van der Waals surface area contributed by atoms with Crippen molar-refractivity contribution in [2.24, 2.45) is 0 Å². The first-order chi connectivity index (χ1) is 8.36. The van der Waals surface area contributed by atoms with E-state index in [4.69, 9.17) is 10.00 Å². The van der Waals surface area contributed by atoms with E-state index in [0.29, 0.717) is 0 Å². The SMILES string of the molecule is N#CC1CCCN1CC1Cc2ccccc2O1. The van der Waals surface area contributed by atoms with E-state index in [0.717, 1.165) is 38.1 Å². The number of nitrogens with zero attached hydrogens (tertiary/aromatic N) is 2. The highest BCUT2D eigenvalue weighted by Crippen LogP contribution is 2.29. The Hall–Kier alpha value is -1.53. The molecule has 88 valence electrons. The van der Waals surface area contributed by atoms with Crippen molar-refractivity contribution in [1.29, 1.82) is 5.26 Å². The van der Waals surface area contributed by atoms with Crippen molar-refractivity contribution in [3.05, 3.63) is 29.8 Å². The van der Waals surface area contributed by atoms with Gasteiger partial charge in [0.2, 0.25) is 0 Å². The Kier molecular flexibility index (Phi) is 2.74. The first-order valence-corrected chi connectivity index (χ1v) is 6.25. The highest BCUT2D eigenvalue weighted by molar-refractivity contribution is 5.37. The lowest BCUT2D eigenvalue weighted by Crippen LogP contribution is -2.37. The van der Waals surface area contributed by atoms with E-state index in [-0.39, 0.29) is 12.1 Å². The number of rotatable bonds is 2. The number of benzene rings is 1. The number of hydrogen-bond donors (Lipinski definition) is 0. The van der Waals surface area contributed by atoms with Crippen LogP contribution < -0.4 is 4.74 Å². The van der Waals surface area contributed by atoms with Crippen LogP contribution in [-0.2, 0) is 6.42 Å². The van der Waals surface area contributed by atoms with Gasteiger partial charge in [-0.1, -0.05) is 18.2 Å². The van der Waals surface area contributed by atoms with E-state index in [2.05, 4.69) is 23.1 Å². The topological polar surface area (TPSA) is 36.3 Å². The average Bonchev–Trinajstić information content (AvgIpc) is 2.94. The Morgan fingerprint density at radius 2 is 2.29 bits per heavy atom. The van der Waals surface area contributed by atoms with Gasteiger partial charge in [-0.3, -0.25) is 4.90 Å². The molecule has 2 unspecified atom stereocenters. The fourth-order valence-corrected chi connectivity index (χ4v) is 2.81. The number of para-hydroxylation sites is 1. The van der Waals surface area contributed by atoms with Gasteiger partial charge < -0.3 is 4.74 Å². The largest absolute Gasteiger partial charge is 0.488 e. The number of hydrogen-bond acceptors (Lipinski definition) is 3. The maximum absolute atomic E-state index is 9.05. The van der Waals surface area contributed by atoms with Gasteiger partial charge in [0.25, 0.3) is 0 Å². The van der Waals surface area contributed by atoms with Gasteiger partial charge in [0.1, 0.15) is 11.9 Å². The van der Waals surface area contributed by atoms with Crippen molar-refractivity contribution >= 4 is 0 Å². The van der Waals surface area contributed by atoms with Crippen LogP contribution >= 0.6 is 0 Å². The second-order valence-electron chi connectivity index (χ2n) is 4.83. The number of ether oxygens (including phenoxy) is 1. The molecule has 2 aliphatic heterocycles. The van der Waals surface area contributed by atoms with Gasteiger partial charge >= 0.3 is 0 Å². The van der Waals surface area contributed by atoms with Crippen LogP contribution in [-0.4, -0.2) is 30.1 Å². The standard InChI is InChI=1S/C14H16N2O/c15-9-12-5-3-7-16(12)10-13-8-11-4-1-2-6-14(11)17-13/h1-2,4,6,12-13H,3,5,7-8,10H2. The minimum Gasteiger partial charge on any atom is -0.488 e. The minimum absolute atomic E-state index is 0.0994. The Morgan fingerprint density at radius 3 is 3.12 bits per heavy atom. The van der Waals surface area contributed by atoms with Gasteiger partial charge in [-0.25, -0.2) is 0 Å². The number of nitriles is 1. The number of likely N-dealkylation sites (tertiary alicyclic amines) is 1. The summed E-state index contributed by atoms with van der Waals surface area (Å²) in [6.45, 7) is 1.92. The minimum atomic E-state index is 0.0994. The lowest BCUT2D eigenvalue weighted by atomic mass is 10.1. The lowest BCUT2D eigenvalue weighted by molar-refractivity contribution is 0.155. The average molecular weight is 228 g/mol. The highest BCUT2D eigenvalue weighted by Gasteiger charge is 2.30. The molecule has 0 aliphatic carbocycles. The third-order valence-electron chi connectivity index (χ3n) is 3.66. The van der Waals surface area contributed by atoms with Gasteiger partial charge in [0, 0.05) is 13.0 Å². The van der Waals surface area contributed by atoms with E-state index >= 15 is 0 Å². The van der Waals surface area contributed by atoms with Crippen LogP contribution in [0.5, 0.6) is 5.75 Å². The molecule has 0 aromatic heterocycles. The second-order valence-corrected chi connectivity index (χ2v) is 4.83. The van der Waals surface area contributed by atoms with Gasteiger partial charge in [0.15, 0.2) is 0 Å². The Bertz CT molecular complexity index is 427. The first kappa shape index (κ1) is 10.6. The van der Waals surface area contributed by atoms with E-state index in [9.17, 15) is 0 Å². The molecule has 2 atom stereocenters. The summed E-state index contributed by atoms with van der Waals surface area (Å²) >= 11 is 0. The molecule has 1 aromatic rings. The fraction of sp³-hybridized carbons (Fsp3) is 0.500. The second kappa shape index (κ2) is 4.38. The predicted molar refractivity (Wildman–Crippen MR) is 64.8 cm³/mol. The molecule has 0 amide bonds. The molecule has 1 aromatic carbocycles. The zero-order valence-corrected chi connectivity index (χ0v) is 9.80. The van der Waals surface area contributed by atoms with Crippen LogP contribution in [0.15, 0.2) is 24.3 Å². The van der Waals surface area contributed by atoms with Gasteiger partial charge in [-0.15, -0.1) is 0 Å². The summed E-state index contributed by atoms with van der Waals surface area (Å²) in [5.41, 5.74) is 1.30. The van der Waals surface area contributed by atoms with Crippen LogP contribution in [0.25, 0.3) is 0 Å². The van der Waals surface area contributed by atoms with Crippen LogP contribution in [0.1, 0.15) is 18.4 Å². The molecule has 0 bridgehead atoms. The molecular weight excluding hydrogens is 212 g/mol. The summed E-state index contributed by atoms with van der Waals surface area (Å²) in [5, 5.41) is 9.05. The van der Waals surface area contributed by atoms with Crippen molar-refractivity contribution in [1.82, 2.24) is 4.90 Å². The molecule has 2 heterocycles. The summed E-state index contributed by atoms with van der Waals surface area (Å²) in [6, 6.07) is 10.7. The number of fused-ring (bicyclic) bond motifs is 1. The van der Waals surface area contributed by atoms with E-state index in [1.54, 1.807) is 0 Å². The molecule has 1 fully saturated rings. The van der Waals surface area contributed by atoms with E-state index in [1.165, 1.54) is 5.56 Å².